The number of rotatable bonds is 6. The highest BCUT2D eigenvalue weighted by atomic mass is 32.2. The Bertz CT molecular complexity index is 722. The van der Waals surface area contributed by atoms with Crippen LogP contribution in [0.1, 0.15) is 13.8 Å². The van der Waals surface area contributed by atoms with Gasteiger partial charge in [0.05, 0.1) is 5.25 Å². The van der Waals surface area contributed by atoms with Crippen molar-refractivity contribution in [3.8, 4) is 11.5 Å². The van der Waals surface area contributed by atoms with Crippen molar-refractivity contribution in [1.29, 1.82) is 0 Å². The summed E-state index contributed by atoms with van der Waals surface area (Å²) in [5.41, 5.74) is 0.683. The van der Waals surface area contributed by atoms with Crippen LogP contribution < -0.4 is 20.1 Å². The average molecular weight is 366 g/mol. The van der Waals surface area contributed by atoms with Crippen molar-refractivity contribution in [3.63, 3.8) is 0 Å². The Hall–Kier alpha value is -2.00. The van der Waals surface area contributed by atoms with E-state index in [1.54, 1.807) is 18.2 Å². The quantitative estimate of drug-likeness (QED) is 0.760. The van der Waals surface area contributed by atoms with E-state index in [1.807, 2.05) is 13.8 Å². The first-order chi connectivity index (χ1) is 11.7. The van der Waals surface area contributed by atoms with Gasteiger partial charge in [-0.25, -0.2) is 0 Å². The molecule has 1 aliphatic heterocycles. The first-order valence-electron chi connectivity index (χ1n) is 7.60. The molecular formula is C15H18N4O3S2. The maximum atomic E-state index is 12.4. The van der Waals surface area contributed by atoms with Crippen LogP contribution >= 0.6 is 23.1 Å². The number of thioether (sulfide) groups is 1. The largest absolute Gasteiger partial charge is 0.486 e. The molecule has 1 aliphatic rings. The second-order valence-corrected chi connectivity index (χ2v) is 7.58. The summed E-state index contributed by atoms with van der Waals surface area (Å²) in [6, 6.07) is 5.38. The fourth-order valence-corrected chi connectivity index (χ4v) is 4.01. The molecule has 1 aromatic heterocycles. The van der Waals surface area contributed by atoms with Crippen molar-refractivity contribution in [1.82, 2.24) is 10.2 Å². The van der Waals surface area contributed by atoms with Crippen LogP contribution in [0, 0.1) is 0 Å². The number of nitrogens with one attached hydrogen (secondary N) is 2. The predicted molar refractivity (Wildman–Crippen MR) is 95.5 cm³/mol. The molecule has 7 nitrogen and oxygen atoms in total. The van der Waals surface area contributed by atoms with Gasteiger partial charge in [-0.15, -0.1) is 10.2 Å². The van der Waals surface area contributed by atoms with Gasteiger partial charge in [-0.2, -0.15) is 0 Å². The fourth-order valence-electron chi connectivity index (χ4n) is 2.05. The highest BCUT2D eigenvalue weighted by molar-refractivity contribution is 8.02. The van der Waals surface area contributed by atoms with E-state index >= 15 is 0 Å². The van der Waals surface area contributed by atoms with E-state index in [9.17, 15) is 4.79 Å². The summed E-state index contributed by atoms with van der Waals surface area (Å²) in [5, 5.41) is 14.6. The summed E-state index contributed by atoms with van der Waals surface area (Å²) in [4.78, 5) is 12.4. The second kappa shape index (κ2) is 7.71. The van der Waals surface area contributed by atoms with Crippen molar-refractivity contribution in [2.75, 3.05) is 30.4 Å². The number of hydrogen-bond donors (Lipinski definition) is 2. The molecule has 0 saturated carbocycles. The minimum Gasteiger partial charge on any atom is -0.486 e. The number of carbonyl (C=O) groups excluding carboxylic acids is 1. The van der Waals surface area contributed by atoms with E-state index in [2.05, 4.69) is 20.8 Å². The number of nitrogens with zero attached hydrogens (tertiary/aromatic N) is 2. The molecule has 1 unspecified atom stereocenters. The van der Waals surface area contributed by atoms with Crippen LogP contribution in [0.25, 0.3) is 0 Å². The average Bonchev–Trinajstić information content (AvgIpc) is 3.02. The number of ether oxygens (including phenoxy) is 2. The SMILES string of the molecule is CCNc1nnc(SC(C)C(=O)Nc2ccc3c(c2)OCCO3)s1. The van der Waals surface area contributed by atoms with E-state index in [0.717, 1.165) is 16.0 Å². The summed E-state index contributed by atoms with van der Waals surface area (Å²) in [6.07, 6.45) is 0. The molecule has 9 heteroatoms. The molecule has 0 bridgehead atoms. The fraction of sp³-hybridized carbons (Fsp3) is 0.400. The lowest BCUT2D eigenvalue weighted by atomic mass is 10.2. The maximum absolute atomic E-state index is 12.4. The number of aromatic nitrogens is 2. The zero-order valence-electron chi connectivity index (χ0n) is 13.4. The van der Waals surface area contributed by atoms with Crippen LogP contribution in [-0.2, 0) is 4.79 Å². The zero-order valence-corrected chi connectivity index (χ0v) is 15.0. The Kier molecular flexibility index (Phi) is 5.41. The smallest absolute Gasteiger partial charge is 0.237 e. The maximum Gasteiger partial charge on any atom is 0.237 e. The third kappa shape index (κ3) is 4.09. The molecule has 0 aliphatic carbocycles. The van der Waals surface area contributed by atoms with Crippen molar-refractivity contribution in [2.24, 2.45) is 0 Å². The highest BCUT2D eigenvalue weighted by Crippen LogP contribution is 2.33. The third-order valence-corrected chi connectivity index (χ3v) is 5.26. The first-order valence-corrected chi connectivity index (χ1v) is 9.30. The highest BCUT2D eigenvalue weighted by Gasteiger charge is 2.19. The zero-order chi connectivity index (χ0) is 16.9. The van der Waals surface area contributed by atoms with Crippen molar-refractivity contribution in [2.45, 2.75) is 23.4 Å². The molecule has 128 valence electrons. The van der Waals surface area contributed by atoms with Gasteiger partial charge >= 0.3 is 0 Å². The molecule has 0 radical (unpaired) electrons. The van der Waals surface area contributed by atoms with Crippen LogP contribution in [0.4, 0.5) is 10.8 Å². The monoisotopic (exact) mass is 366 g/mol. The minimum atomic E-state index is -0.291. The Morgan fingerprint density at radius 3 is 2.92 bits per heavy atom. The number of benzene rings is 1. The van der Waals surface area contributed by atoms with Crippen LogP contribution in [0.15, 0.2) is 22.5 Å². The van der Waals surface area contributed by atoms with Gasteiger partial charge in [0.15, 0.2) is 15.8 Å². The lowest BCUT2D eigenvalue weighted by molar-refractivity contribution is -0.115. The van der Waals surface area contributed by atoms with Gasteiger partial charge in [0.2, 0.25) is 11.0 Å². The summed E-state index contributed by atoms with van der Waals surface area (Å²) in [7, 11) is 0. The molecule has 3 rings (SSSR count). The van der Waals surface area contributed by atoms with Crippen LogP contribution in [-0.4, -0.2) is 41.1 Å². The van der Waals surface area contributed by atoms with Gasteiger partial charge in [0.1, 0.15) is 13.2 Å². The molecule has 2 aromatic rings. The van der Waals surface area contributed by atoms with Gasteiger partial charge in [-0.3, -0.25) is 4.79 Å². The molecule has 0 spiro atoms. The molecule has 0 saturated heterocycles. The molecule has 2 N–H and O–H groups in total. The molecule has 1 aromatic carbocycles. The number of amides is 1. The van der Waals surface area contributed by atoms with Gasteiger partial charge in [0, 0.05) is 18.3 Å². The summed E-state index contributed by atoms with van der Waals surface area (Å²) < 4.78 is 11.8. The topological polar surface area (TPSA) is 85.4 Å². The molecule has 24 heavy (non-hydrogen) atoms. The third-order valence-electron chi connectivity index (χ3n) is 3.19. The second-order valence-electron chi connectivity index (χ2n) is 5.01. The number of anilines is 2. The number of hydrogen-bond acceptors (Lipinski definition) is 8. The minimum absolute atomic E-state index is 0.100. The number of fused-ring (bicyclic) bond motifs is 1. The summed E-state index contributed by atoms with van der Waals surface area (Å²) >= 11 is 2.82. The summed E-state index contributed by atoms with van der Waals surface area (Å²) in [6.45, 7) is 5.69. The molecule has 0 fully saturated rings. The van der Waals surface area contributed by atoms with Crippen molar-refractivity contribution >= 4 is 39.8 Å². The Morgan fingerprint density at radius 1 is 1.33 bits per heavy atom. The van der Waals surface area contributed by atoms with E-state index in [0.29, 0.717) is 30.4 Å². The standard InChI is InChI=1S/C15H18N4O3S2/c1-3-16-14-18-19-15(24-14)23-9(2)13(20)17-10-4-5-11-12(8-10)22-7-6-21-11/h4-5,8-9H,3,6-7H2,1-2H3,(H,16,18)(H,17,20). The molecular weight excluding hydrogens is 348 g/mol. The first kappa shape index (κ1) is 16.8. The normalized spacial score (nSPS) is 14.1. The van der Waals surface area contributed by atoms with Crippen molar-refractivity contribution in [3.05, 3.63) is 18.2 Å². The molecule has 1 atom stereocenters. The predicted octanol–water partition coefficient (Wildman–Crippen LogP) is 2.86. The molecule has 1 amide bonds. The Balaban J connectivity index is 1.59. The van der Waals surface area contributed by atoms with Gasteiger partial charge in [-0.1, -0.05) is 23.1 Å². The summed E-state index contributed by atoms with van der Waals surface area (Å²) in [5.74, 6) is 1.25. The number of carbonyl (C=O) groups is 1. The van der Waals surface area contributed by atoms with Gasteiger partial charge in [-0.05, 0) is 26.0 Å². The lowest BCUT2D eigenvalue weighted by Crippen LogP contribution is -2.22. The Labute approximate surface area is 148 Å². The van der Waals surface area contributed by atoms with Crippen molar-refractivity contribution < 1.29 is 14.3 Å². The molecule has 2 heterocycles. The van der Waals surface area contributed by atoms with E-state index < -0.39 is 0 Å². The van der Waals surface area contributed by atoms with Gasteiger partial charge < -0.3 is 20.1 Å². The van der Waals surface area contributed by atoms with Crippen LogP contribution in [0.2, 0.25) is 0 Å². The van der Waals surface area contributed by atoms with E-state index in [-0.39, 0.29) is 11.2 Å². The van der Waals surface area contributed by atoms with Gasteiger partial charge in [0.25, 0.3) is 0 Å². The van der Waals surface area contributed by atoms with Crippen LogP contribution in [0.3, 0.4) is 0 Å². The van der Waals surface area contributed by atoms with E-state index in [1.165, 1.54) is 23.1 Å². The lowest BCUT2D eigenvalue weighted by Gasteiger charge is -2.19. The van der Waals surface area contributed by atoms with E-state index in [4.69, 9.17) is 9.47 Å². The Morgan fingerprint density at radius 2 is 2.12 bits per heavy atom. The van der Waals surface area contributed by atoms with Crippen LogP contribution in [0.5, 0.6) is 11.5 Å².